The van der Waals surface area contributed by atoms with E-state index in [2.05, 4.69) is 41.1 Å². The lowest BCUT2D eigenvalue weighted by molar-refractivity contribution is -0.128. The van der Waals surface area contributed by atoms with Gasteiger partial charge in [0.15, 0.2) is 0 Å². The summed E-state index contributed by atoms with van der Waals surface area (Å²) in [5.41, 5.74) is 3.83. The third-order valence-electron chi connectivity index (χ3n) is 2.55. The third kappa shape index (κ3) is 1.69. The second-order valence-electron chi connectivity index (χ2n) is 3.66. The Morgan fingerprint density at radius 2 is 2.14 bits per heavy atom. The third-order valence-corrected chi connectivity index (χ3v) is 3.03. The SMILES string of the molecule is Cc1ccc2c(c1)CN(C(=O)CBr)C2. The highest BCUT2D eigenvalue weighted by Crippen LogP contribution is 2.23. The van der Waals surface area contributed by atoms with Crippen molar-refractivity contribution in [2.24, 2.45) is 0 Å². The van der Waals surface area contributed by atoms with Gasteiger partial charge in [-0.1, -0.05) is 39.7 Å². The first-order chi connectivity index (χ1) is 6.70. The van der Waals surface area contributed by atoms with E-state index in [1.165, 1.54) is 16.7 Å². The van der Waals surface area contributed by atoms with Crippen molar-refractivity contribution in [2.75, 3.05) is 5.33 Å². The van der Waals surface area contributed by atoms with Crippen molar-refractivity contribution in [3.8, 4) is 0 Å². The maximum atomic E-state index is 11.4. The number of nitrogens with zero attached hydrogens (tertiary/aromatic N) is 1. The number of alkyl halides is 1. The summed E-state index contributed by atoms with van der Waals surface area (Å²) in [6.45, 7) is 3.61. The number of rotatable bonds is 1. The van der Waals surface area contributed by atoms with E-state index < -0.39 is 0 Å². The first-order valence-corrected chi connectivity index (χ1v) is 5.75. The normalized spacial score (nSPS) is 14.3. The molecule has 3 heteroatoms. The molecule has 1 amide bonds. The number of benzene rings is 1. The molecule has 0 saturated heterocycles. The lowest BCUT2D eigenvalue weighted by atomic mass is 10.1. The Bertz CT molecular complexity index is 376. The summed E-state index contributed by atoms with van der Waals surface area (Å²) in [6, 6.07) is 6.38. The Hall–Kier alpha value is -0.830. The van der Waals surface area contributed by atoms with Gasteiger partial charge in [-0.3, -0.25) is 4.79 Å². The highest BCUT2D eigenvalue weighted by Gasteiger charge is 2.21. The predicted octanol–water partition coefficient (Wildman–Crippen LogP) is 2.23. The quantitative estimate of drug-likeness (QED) is 0.704. The highest BCUT2D eigenvalue weighted by atomic mass is 79.9. The van der Waals surface area contributed by atoms with Crippen molar-refractivity contribution in [2.45, 2.75) is 20.0 Å². The van der Waals surface area contributed by atoms with Crippen molar-refractivity contribution >= 4 is 21.8 Å². The number of aryl methyl sites for hydroxylation is 1. The van der Waals surface area contributed by atoms with Gasteiger partial charge in [0.25, 0.3) is 0 Å². The van der Waals surface area contributed by atoms with Crippen LogP contribution in [0.15, 0.2) is 18.2 Å². The zero-order valence-electron chi connectivity index (χ0n) is 8.09. The van der Waals surface area contributed by atoms with Crippen molar-refractivity contribution in [1.82, 2.24) is 4.90 Å². The minimum atomic E-state index is 0.166. The smallest absolute Gasteiger partial charge is 0.233 e. The molecule has 0 atom stereocenters. The highest BCUT2D eigenvalue weighted by molar-refractivity contribution is 9.09. The van der Waals surface area contributed by atoms with Crippen LogP contribution in [-0.4, -0.2) is 16.1 Å². The van der Waals surface area contributed by atoms with Crippen LogP contribution in [0.3, 0.4) is 0 Å². The summed E-state index contributed by atoms with van der Waals surface area (Å²) in [6.07, 6.45) is 0. The molecule has 0 fully saturated rings. The van der Waals surface area contributed by atoms with Crippen LogP contribution in [0.5, 0.6) is 0 Å². The topological polar surface area (TPSA) is 20.3 Å². The molecule has 2 nitrogen and oxygen atoms in total. The average Bonchev–Trinajstić information content (AvgIpc) is 2.59. The number of hydrogen-bond acceptors (Lipinski definition) is 1. The van der Waals surface area contributed by atoms with Crippen LogP contribution < -0.4 is 0 Å². The van der Waals surface area contributed by atoms with E-state index in [0.29, 0.717) is 5.33 Å². The summed E-state index contributed by atoms with van der Waals surface area (Å²) >= 11 is 3.19. The number of amides is 1. The monoisotopic (exact) mass is 253 g/mol. The molecule has 0 aliphatic carbocycles. The number of carbonyl (C=O) groups excluding carboxylic acids is 1. The predicted molar refractivity (Wildman–Crippen MR) is 59.2 cm³/mol. The molecule has 0 spiro atoms. The van der Waals surface area contributed by atoms with Gasteiger partial charge in [-0.05, 0) is 18.1 Å². The largest absolute Gasteiger partial charge is 0.333 e. The molecule has 2 rings (SSSR count). The fourth-order valence-electron chi connectivity index (χ4n) is 1.78. The zero-order valence-corrected chi connectivity index (χ0v) is 9.67. The van der Waals surface area contributed by atoms with Crippen LogP contribution >= 0.6 is 15.9 Å². The van der Waals surface area contributed by atoms with Gasteiger partial charge in [-0.15, -0.1) is 0 Å². The van der Waals surface area contributed by atoms with Crippen LogP contribution in [0.1, 0.15) is 16.7 Å². The Labute approximate surface area is 92.0 Å². The van der Waals surface area contributed by atoms with Gasteiger partial charge in [0.1, 0.15) is 0 Å². The molecule has 0 N–H and O–H groups in total. The molecular formula is C11H12BrNO. The maximum absolute atomic E-state index is 11.4. The summed E-state index contributed by atoms with van der Waals surface area (Å²) in [4.78, 5) is 13.3. The zero-order chi connectivity index (χ0) is 10.1. The molecule has 1 heterocycles. The van der Waals surface area contributed by atoms with Crippen molar-refractivity contribution in [3.63, 3.8) is 0 Å². The number of carbonyl (C=O) groups is 1. The first-order valence-electron chi connectivity index (χ1n) is 4.63. The van der Waals surface area contributed by atoms with E-state index in [1.54, 1.807) is 0 Å². The van der Waals surface area contributed by atoms with E-state index in [-0.39, 0.29) is 5.91 Å². The summed E-state index contributed by atoms with van der Waals surface area (Å²) < 4.78 is 0. The van der Waals surface area contributed by atoms with E-state index >= 15 is 0 Å². The molecule has 0 unspecified atom stereocenters. The lowest BCUT2D eigenvalue weighted by Crippen LogP contribution is -2.25. The summed E-state index contributed by atoms with van der Waals surface area (Å²) in [5, 5.41) is 0.417. The van der Waals surface area contributed by atoms with Gasteiger partial charge < -0.3 is 4.90 Å². The molecule has 1 aliphatic heterocycles. The number of halogens is 1. The molecule has 0 saturated carbocycles. The Morgan fingerprint density at radius 1 is 1.43 bits per heavy atom. The molecule has 74 valence electrons. The summed E-state index contributed by atoms with van der Waals surface area (Å²) in [7, 11) is 0. The van der Waals surface area contributed by atoms with E-state index in [4.69, 9.17) is 0 Å². The fraction of sp³-hybridized carbons (Fsp3) is 0.364. The molecule has 0 bridgehead atoms. The van der Waals surface area contributed by atoms with Crippen LogP contribution in [0.4, 0.5) is 0 Å². The Kier molecular flexibility index (Phi) is 2.59. The maximum Gasteiger partial charge on any atom is 0.233 e. The van der Waals surface area contributed by atoms with Crippen LogP contribution in [-0.2, 0) is 17.9 Å². The Balaban J connectivity index is 2.22. The van der Waals surface area contributed by atoms with Crippen molar-refractivity contribution in [1.29, 1.82) is 0 Å². The van der Waals surface area contributed by atoms with E-state index in [0.717, 1.165) is 13.1 Å². The fourth-order valence-corrected chi connectivity index (χ4v) is 2.14. The molecule has 0 aromatic heterocycles. The average molecular weight is 254 g/mol. The van der Waals surface area contributed by atoms with Crippen LogP contribution in [0, 0.1) is 6.92 Å². The first kappa shape index (κ1) is 9.71. The van der Waals surface area contributed by atoms with Crippen molar-refractivity contribution in [3.05, 3.63) is 34.9 Å². The van der Waals surface area contributed by atoms with Gasteiger partial charge >= 0.3 is 0 Å². The molecule has 0 radical (unpaired) electrons. The minimum Gasteiger partial charge on any atom is -0.333 e. The number of fused-ring (bicyclic) bond motifs is 1. The van der Waals surface area contributed by atoms with E-state index in [1.807, 2.05) is 4.90 Å². The van der Waals surface area contributed by atoms with Gasteiger partial charge in [0.2, 0.25) is 5.91 Å². The van der Waals surface area contributed by atoms with Gasteiger partial charge in [-0.2, -0.15) is 0 Å². The molecule has 1 aromatic carbocycles. The van der Waals surface area contributed by atoms with Gasteiger partial charge in [0, 0.05) is 13.1 Å². The second-order valence-corrected chi connectivity index (χ2v) is 4.22. The van der Waals surface area contributed by atoms with Crippen LogP contribution in [0.2, 0.25) is 0 Å². The second kappa shape index (κ2) is 3.73. The Morgan fingerprint density at radius 3 is 2.86 bits per heavy atom. The molecule has 14 heavy (non-hydrogen) atoms. The van der Waals surface area contributed by atoms with Crippen LogP contribution in [0.25, 0.3) is 0 Å². The lowest BCUT2D eigenvalue weighted by Gasteiger charge is -2.12. The molecular weight excluding hydrogens is 242 g/mol. The molecule has 1 aliphatic rings. The van der Waals surface area contributed by atoms with E-state index in [9.17, 15) is 4.79 Å². The minimum absolute atomic E-state index is 0.166. The van der Waals surface area contributed by atoms with Gasteiger partial charge in [-0.25, -0.2) is 0 Å². The van der Waals surface area contributed by atoms with Gasteiger partial charge in [0.05, 0.1) is 5.33 Å². The molecule has 1 aromatic rings. The standard InChI is InChI=1S/C11H12BrNO/c1-8-2-3-9-6-13(11(14)5-12)7-10(9)4-8/h2-4H,5-7H2,1H3. The summed E-state index contributed by atoms with van der Waals surface area (Å²) in [5.74, 6) is 0.166. The number of hydrogen-bond donors (Lipinski definition) is 0. The van der Waals surface area contributed by atoms with Crippen molar-refractivity contribution < 1.29 is 4.79 Å².